The lowest BCUT2D eigenvalue weighted by molar-refractivity contribution is -0.154. The normalized spacial score (nSPS) is 41.7. The minimum Gasteiger partial charge on any atom is -0.481 e. The molecule has 1 saturated carbocycles. The van der Waals surface area contributed by atoms with E-state index < -0.39 is 17.0 Å². The first kappa shape index (κ1) is 9.71. The summed E-state index contributed by atoms with van der Waals surface area (Å²) < 4.78 is 0. The number of rotatable bonds is 1. The molecule has 3 heteroatoms. The van der Waals surface area contributed by atoms with Crippen molar-refractivity contribution in [3.05, 3.63) is 11.6 Å². The Balaban J connectivity index is 2.38. The van der Waals surface area contributed by atoms with Crippen molar-refractivity contribution in [1.82, 2.24) is 0 Å². The molecule has 0 aromatic carbocycles. The standard InChI is InChI=1S/C11H16O3/c1-10(14)5-8-3-2-4-11(6-8,7-10)9(12)13/h5,14H,2-4,6-7H2,1H3,(H,12,13). The van der Waals surface area contributed by atoms with Crippen molar-refractivity contribution in [3.8, 4) is 0 Å². The summed E-state index contributed by atoms with van der Waals surface area (Å²) in [6, 6.07) is 0. The van der Waals surface area contributed by atoms with Crippen LogP contribution in [0.15, 0.2) is 11.6 Å². The first-order valence-electron chi connectivity index (χ1n) is 5.10. The predicted octanol–water partition coefficient (Wildman–Crippen LogP) is 1.71. The molecule has 2 aliphatic carbocycles. The number of allylic oxidation sites excluding steroid dienone is 1. The van der Waals surface area contributed by atoms with E-state index in [1.807, 2.05) is 6.08 Å². The highest BCUT2D eigenvalue weighted by Gasteiger charge is 2.48. The lowest BCUT2D eigenvalue weighted by atomic mass is 9.62. The van der Waals surface area contributed by atoms with Crippen LogP contribution in [0, 0.1) is 5.41 Å². The van der Waals surface area contributed by atoms with Crippen LogP contribution in [0.4, 0.5) is 0 Å². The fourth-order valence-corrected chi connectivity index (χ4v) is 2.97. The van der Waals surface area contributed by atoms with Gasteiger partial charge in [-0.3, -0.25) is 4.79 Å². The highest BCUT2D eigenvalue weighted by Crippen LogP contribution is 2.49. The van der Waals surface area contributed by atoms with Gasteiger partial charge < -0.3 is 10.2 Å². The number of fused-ring (bicyclic) bond motifs is 2. The fraction of sp³-hybridized carbons (Fsp3) is 0.727. The molecule has 3 nitrogen and oxygen atoms in total. The maximum atomic E-state index is 11.2. The van der Waals surface area contributed by atoms with Gasteiger partial charge in [-0.2, -0.15) is 0 Å². The fourth-order valence-electron chi connectivity index (χ4n) is 2.97. The van der Waals surface area contributed by atoms with E-state index in [0.29, 0.717) is 19.3 Å². The third kappa shape index (κ3) is 1.46. The molecule has 0 saturated heterocycles. The van der Waals surface area contributed by atoms with Gasteiger partial charge in [0.05, 0.1) is 11.0 Å². The topological polar surface area (TPSA) is 57.5 Å². The summed E-state index contributed by atoms with van der Waals surface area (Å²) in [6.45, 7) is 1.70. The van der Waals surface area contributed by atoms with Gasteiger partial charge in [0.25, 0.3) is 0 Å². The summed E-state index contributed by atoms with van der Waals surface area (Å²) in [6.07, 6.45) is 5.44. The molecular weight excluding hydrogens is 180 g/mol. The number of hydrogen-bond donors (Lipinski definition) is 2. The molecule has 2 rings (SSSR count). The average Bonchev–Trinajstić information content (AvgIpc) is 2.00. The highest BCUT2D eigenvalue weighted by atomic mass is 16.4. The Morgan fingerprint density at radius 2 is 2.29 bits per heavy atom. The van der Waals surface area contributed by atoms with E-state index in [-0.39, 0.29) is 0 Å². The second kappa shape index (κ2) is 2.83. The molecule has 78 valence electrons. The third-order valence-electron chi connectivity index (χ3n) is 3.38. The van der Waals surface area contributed by atoms with Crippen molar-refractivity contribution in [3.63, 3.8) is 0 Å². The summed E-state index contributed by atoms with van der Waals surface area (Å²) in [5.41, 5.74) is -0.493. The summed E-state index contributed by atoms with van der Waals surface area (Å²) in [7, 11) is 0. The lowest BCUT2D eigenvalue weighted by Crippen LogP contribution is -2.44. The molecule has 1 fully saturated rings. The van der Waals surface area contributed by atoms with Crippen LogP contribution in [0.3, 0.4) is 0 Å². The summed E-state index contributed by atoms with van der Waals surface area (Å²) in [4.78, 5) is 11.2. The van der Waals surface area contributed by atoms with E-state index in [2.05, 4.69) is 0 Å². The van der Waals surface area contributed by atoms with Crippen molar-refractivity contribution in [2.45, 2.75) is 44.6 Å². The second-order valence-electron chi connectivity index (χ2n) is 4.95. The van der Waals surface area contributed by atoms with Crippen LogP contribution >= 0.6 is 0 Å². The molecule has 0 aromatic rings. The Bertz CT molecular complexity index is 304. The Labute approximate surface area is 83.4 Å². The number of aliphatic carboxylic acids is 1. The number of carbonyl (C=O) groups is 1. The van der Waals surface area contributed by atoms with Gasteiger partial charge in [0, 0.05) is 0 Å². The first-order valence-corrected chi connectivity index (χ1v) is 5.10. The lowest BCUT2D eigenvalue weighted by Gasteiger charge is -2.43. The summed E-state index contributed by atoms with van der Waals surface area (Å²) in [5.74, 6) is -0.747. The smallest absolute Gasteiger partial charge is 0.310 e. The van der Waals surface area contributed by atoms with Crippen LogP contribution in [0.1, 0.15) is 39.0 Å². The van der Waals surface area contributed by atoms with Crippen molar-refractivity contribution in [2.24, 2.45) is 5.41 Å². The van der Waals surface area contributed by atoms with Crippen LogP contribution in [0.5, 0.6) is 0 Å². The van der Waals surface area contributed by atoms with Crippen LogP contribution in [-0.4, -0.2) is 21.8 Å². The SMILES string of the molecule is CC1(O)C=C2CCCC(C(=O)O)(C2)C1. The quantitative estimate of drug-likeness (QED) is 0.628. The van der Waals surface area contributed by atoms with Gasteiger partial charge in [-0.05, 0) is 39.0 Å². The Kier molecular flexibility index (Phi) is 1.96. The van der Waals surface area contributed by atoms with Gasteiger partial charge in [0.15, 0.2) is 0 Å². The van der Waals surface area contributed by atoms with Gasteiger partial charge in [-0.1, -0.05) is 11.6 Å². The van der Waals surface area contributed by atoms with Gasteiger partial charge in [-0.25, -0.2) is 0 Å². The maximum absolute atomic E-state index is 11.2. The second-order valence-corrected chi connectivity index (χ2v) is 4.95. The zero-order valence-corrected chi connectivity index (χ0v) is 8.42. The molecule has 0 amide bonds. The predicted molar refractivity (Wildman–Crippen MR) is 51.9 cm³/mol. The molecule has 2 N–H and O–H groups in total. The van der Waals surface area contributed by atoms with E-state index in [0.717, 1.165) is 18.4 Å². The van der Waals surface area contributed by atoms with Crippen molar-refractivity contribution < 1.29 is 15.0 Å². The Morgan fingerprint density at radius 3 is 2.93 bits per heavy atom. The molecule has 0 heterocycles. The molecule has 2 bridgehead atoms. The van der Waals surface area contributed by atoms with Crippen molar-refractivity contribution >= 4 is 5.97 Å². The number of aliphatic hydroxyl groups is 1. The molecule has 0 radical (unpaired) electrons. The maximum Gasteiger partial charge on any atom is 0.310 e. The molecule has 0 aliphatic heterocycles. The molecule has 2 unspecified atom stereocenters. The van der Waals surface area contributed by atoms with Gasteiger partial charge >= 0.3 is 5.97 Å². The molecule has 0 aromatic heterocycles. The zero-order valence-electron chi connectivity index (χ0n) is 8.42. The first-order chi connectivity index (χ1) is 6.44. The highest BCUT2D eigenvalue weighted by molar-refractivity contribution is 5.76. The number of hydrogen-bond acceptors (Lipinski definition) is 2. The minimum absolute atomic E-state index is 0.360. The summed E-state index contributed by atoms with van der Waals surface area (Å²) >= 11 is 0. The van der Waals surface area contributed by atoms with Gasteiger partial charge in [0.1, 0.15) is 0 Å². The average molecular weight is 196 g/mol. The Morgan fingerprint density at radius 1 is 1.57 bits per heavy atom. The monoisotopic (exact) mass is 196 g/mol. The van der Waals surface area contributed by atoms with Crippen molar-refractivity contribution in [2.75, 3.05) is 0 Å². The van der Waals surface area contributed by atoms with E-state index in [1.165, 1.54) is 0 Å². The molecule has 2 aliphatic rings. The molecule has 0 spiro atoms. The van der Waals surface area contributed by atoms with Crippen molar-refractivity contribution in [1.29, 1.82) is 0 Å². The number of carboxylic acids is 1. The van der Waals surface area contributed by atoms with Crippen LogP contribution in [0.25, 0.3) is 0 Å². The number of carboxylic acid groups (broad SMARTS) is 1. The van der Waals surface area contributed by atoms with Crippen LogP contribution in [0.2, 0.25) is 0 Å². The zero-order chi connectivity index (χ0) is 10.4. The van der Waals surface area contributed by atoms with E-state index >= 15 is 0 Å². The van der Waals surface area contributed by atoms with E-state index in [1.54, 1.807) is 6.92 Å². The summed E-state index contributed by atoms with van der Waals surface area (Å²) in [5, 5.41) is 19.2. The van der Waals surface area contributed by atoms with Crippen LogP contribution < -0.4 is 0 Å². The molecule has 2 atom stereocenters. The third-order valence-corrected chi connectivity index (χ3v) is 3.38. The minimum atomic E-state index is -0.924. The largest absolute Gasteiger partial charge is 0.481 e. The van der Waals surface area contributed by atoms with Gasteiger partial charge in [-0.15, -0.1) is 0 Å². The molecular formula is C11H16O3. The van der Waals surface area contributed by atoms with E-state index in [4.69, 9.17) is 0 Å². The molecule has 14 heavy (non-hydrogen) atoms. The Hall–Kier alpha value is -0.830. The van der Waals surface area contributed by atoms with Gasteiger partial charge in [0.2, 0.25) is 0 Å². The van der Waals surface area contributed by atoms with Crippen LogP contribution in [-0.2, 0) is 4.79 Å². The van der Waals surface area contributed by atoms with E-state index in [9.17, 15) is 15.0 Å².